The van der Waals surface area contributed by atoms with E-state index < -0.39 is 29.3 Å². The van der Waals surface area contributed by atoms with E-state index in [-0.39, 0.29) is 11.8 Å². The van der Waals surface area contributed by atoms with Crippen molar-refractivity contribution >= 4 is 23.5 Å². The van der Waals surface area contributed by atoms with Crippen LogP contribution in [0.2, 0.25) is 0 Å². The molecular formula is C28H34F3N3O5. The van der Waals surface area contributed by atoms with E-state index in [0.29, 0.717) is 87.8 Å². The molecule has 212 valence electrons. The van der Waals surface area contributed by atoms with Crippen LogP contribution in [0.15, 0.2) is 35.4 Å². The largest absolute Gasteiger partial charge is 0.481 e. The zero-order chi connectivity index (χ0) is 27.9. The Balaban J connectivity index is 1.22. The highest BCUT2D eigenvalue weighted by Gasteiger charge is 2.52. The molecule has 1 aliphatic carbocycles. The second kappa shape index (κ2) is 10.5. The van der Waals surface area contributed by atoms with Crippen LogP contribution in [-0.2, 0) is 25.3 Å². The third kappa shape index (κ3) is 5.37. The van der Waals surface area contributed by atoms with Crippen molar-refractivity contribution in [1.82, 2.24) is 9.80 Å². The molecule has 0 unspecified atom stereocenters. The number of hydrogen-bond donors (Lipinski definition) is 1. The number of piperazine rings is 1. The number of likely N-dealkylation sites (tertiary alicyclic amines) is 1. The fourth-order valence-corrected chi connectivity index (χ4v) is 6.60. The second-order valence-electron chi connectivity index (χ2n) is 11.1. The second-order valence-corrected chi connectivity index (χ2v) is 11.1. The van der Waals surface area contributed by atoms with Gasteiger partial charge in [-0.25, -0.2) is 4.79 Å². The summed E-state index contributed by atoms with van der Waals surface area (Å²) in [5, 5.41) is 9.28. The number of carboxylic acids is 1. The maximum absolute atomic E-state index is 13.7. The smallest absolute Gasteiger partial charge is 0.416 e. The number of ether oxygens (including phenoxy) is 1. The molecule has 1 aromatic rings. The summed E-state index contributed by atoms with van der Waals surface area (Å²) in [4.78, 5) is 43.5. The zero-order valence-electron chi connectivity index (χ0n) is 22.0. The minimum atomic E-state index is -4.42. The van der Waals surface area contributed by atoms with Crippen molar-refractivity contribution in [3.63, 3.8) is 0 Å². The first kappa shape index (κ1) is 27.5. The van der Waals surface area contributed by atoms with Crippen LogP contribution in [0.5, 0.6) is 0 Å². The Morgan fingerprint density at radius 3 is 2.23 bits per heavy atom. The number of halogens is 3. The van der Waals surface area contributed by atoms with Gasteiger partial charge in [0.25, 0.3) is 5.91 Å². The summed E-state index contributed by atoms with van der Waals surface area (Å²) in [7, 11) is 0. The predicted octanol–water partition coefficient (Wildman–Crippen LogP) is 3.71. The minimum Gasteiger partial charge on any atom is -0.481 e. The molecule has 4 aliphatic rings. The van der Waals surface area contributed by atoms with Crippen LogP contribution in [0.25, 0.3) is 0 Å². The first-order valence-corrected chi connectivity index (χ1v) is 13.6. The number of alkyl halides is 3. The molecule has 11 heteroatoms. The number of anilines is 1. The lowest BCUT2D eigenvalue weighted by molar-refractivity contribution is -0.152. The highest BCUT2D eigenvalue weighted by molar-refractivity contribution is 6.07. The molecule has 1 amide bonds. The monoisotopic (exact) mass is 549 g/mol. The van der Waals surface area contributed by atoms with Gasteiger partial charge in [0, 0.05) is 69.4 Å². The van der Waals surface area contributed by atoms with Gasteiger partial charge in [0.2, 0.25) is 0 Å². The van der Waals surface area contributed by atoms with Crippen molar-refractivity contribution in [3.05, 3.63) is 41.0 Å². The van der Waals surface area contributed by atoms with E-state index in [4.69, 9.17) is 4.74 Å². The molecule has 1 spiro atoms. The topological polar surface area (TPSA) is 90.4 Å². The standard InChI is InChI=1S/C28H34F3N3O5/c1-18-23(24(35)34-15-13-33(14-16-34)22-4-2-3-20(17-22)28(29,30)31)27(39-26(18)38)9-11-32(12-10-27)21-7-5-19(6-8-21)25(36)37/h2-4,17,19,21H,5-16H2,1H3,(H,36,37). The Kier molecular flexibility index (Phi) is 7.39. The highest BCUT2D eigenvalue weighted by Crippen LogP contribution is 2.43. The average Bonchev–Trinajstić information content (AvgIpc) is 3.17. The molecule has 1 N–H and O–H groups in total. The number of carbonyl (C=O) groups is 3. The third-order valence-electron chi connectivity index (χ3n) is 8.91. The van der Waals surface area contributed by atoms with Gasteiger partial charge in [0.05, 0.1) is 17.1 Å². The van der Waals surface area contributed by atoms with E-state index in [2.05, 4.69) is 4.90 Å². The van der Waals surface area contributed by atoms with Crippen molar-refractivity contribution in [3.8, 4) is 0 Å². The van der Waals surface area contributed by atoms with Crippen LogP contribution >= 0.6 is 0 Å². The molecule has 2 saturated heterocycles. The normalized spacial score (nSPS) is 26.2. The van der Waals surface area contributed by atoms with Crippen molar-refractivity contribution in [1.29, 1.82) is 0 Å². The Morgan fingerprint density at radius 2 is 1.64 bits per heavy atom. The van der Waals surface area contributed by atoms with Crippen LogP contribution in [0.3, 0.4) is 0 Å². The first-order valence-electron chi connectivity index (χ1n) is 13.6. The lowest BCUT2D eigenvalue weighted by atomic mass is 9.80. The average molecular weight is 550 g/mol. The van der Waals surface area contributed by atoms with Gasteiger partial charge in [-0.05, 0) is 50.8 Å². The molecule has 0 bridgehead atoms. The molecule has 0 radical (unpaired) electrons. The fourth-order valence-electron chi connectivity index (χ4n) is 6.60. The SMILES string of the molecule is CC1=C(C(=O)N2CCN(c3cccc(C(F)(F)F)c3)CC2)C2(CCN(C3CCC(C(=O)O)CC3)CC2)OC1=O. The van der Waals surface area contributed by atoms with Crippen LogP contribution in [-0.4, -0.2) is 83.7 Å². The van der Waals surface area contributed by atoms with Crippen molar-refractivity contribution < 1.29 is 37.4 Å². The summed E-state index contributed by atoms with van der Waals surface area (Å²) >= 11 is 0. The molecule has 8 nitrogen and oxygen atoms in total. The van der Waals surface area contributed by atoms with E-state index in [9.17, 15) is 32.7 Å². The number of piperidine rings is 1. The predicted molar refractivity (Wildman–Crippen MR) is 136 cm³/mol. The highest BCUT2D eigenvalue weighted by atomic mass is 19.4. The molecule has 0 aromatic heterocycles. The van der Waals surface area contributed by atoms with Gasteiger partial charge in [-0.15, -0.1) is 0 Å². The van der Waals surface area contributed by atoms with Crippen molar-refractivity contribution in [2.75, 3.05) is 44.2 Å². The molecule has 3 heterocycles. The Morgan fingerprint density at radius 1 is 1.00 bits per heavy atom. The number of carbonyl (C=O) groups excluding carboxylic acids is 2. The number of benzene rings is 1. The summed E-state index contributed by atoms with van der Waals surface area (Å²) in [6.07, 6.45) is -0.464. The molecule has 3 fully saturated rings. The number of aliphatic carboxylic acids is 1. The van der Waals surface area contributed by atoms with Gasteiger partial charge in [-0.1, -0.05) is 6.07 Å². The zero-order valence-corrected chi connectivity index (χ0v) is 22.0. The van der Waals surface area contributed by atoms with Gasteiger partial charge < -0.3 is 24.5 Å². The third-order valence-corrected chi connectivity index (χ3v) is 8.91. The first-order chi connectivity index (χ1) is 18.5. The molecule has 1 aromatic carbocycles. The van der Waals surface area contributed by atoms with Crippen molar-refractivity contribution in [2.24, 2.45) is 5.92 Å². The molecule has 3 aliphatic heterocycles. The lowest BCUT2D eigenvalue weighted by Gasteiger charge is -2.45. The lowest BCUT2D eigenvalue weighted by Crippen LogP contribution is -2.54. The fraction of sp³-hybridized carbons (Fsp3) is 0.607. The molecule has 0 atom stereocenters. The van der Waals surface area contributed by atoms with Crippen LogP contribution in [0.1, 0.15) is 51.0 Å². The number of nitrogens with zero attached hydrogens (tertiary/aromatic N) is 3. The molecule has 1 saturated carbocycles. The van der Waals surface area contributed by atoms with Crippen LogP contribution in [0.4, 0.5) is 18.9 Å². The van der Waals surface area contributed by atoms with Crippen LogP contribution in [0, 0.1) is 5.92 Å². The maximum Gasteiger partial charge on any atom is 0.416 e. The number of amides is 1. The van der Waals surface area contributed by atoms with E-state index in [1.807, 2.05) is 4.90 Å². The van der Waals surface area contributed by atoms with Gasteiger partial charge in [0.1, 0.15) is 5.60 Å². The Hall–Kier alpha value is -3.08. The van der Waals surface area contributed by atoms with E-state index in [1.165, 1.54) is 6.07 Å². The number of hydrogen-bond acceptors (Lipinski definition) is 6. The van der Waals surface area contributed by atoms with Crippen molar-refractivity contribution in [2.45, 2.75) is 63.3 Å². The van der Waals surface area contributed by atoms with Crippen LogP contribution < -0.4 is 4.90 Å². The summed E-state index contributed by atoms with van der Waals surface area (Å²) in [6, 6.07) is 5.49. The quantitative estimate of drug-likeness (QED) is 0.573. The van der Waals surface area contributed by atoms with E-state index in [0.717, 1.165) is 25.0 Å². The molecule has 5 rings (SSSR count). The Bertz CT molecular complexity index is 1160. The maximum atomic E-state index is 13.7. The van der Waals surface area contributed by atoms with Gasteiger partial charge in [-0.2, -0.15) is 13.2 Å². The number of esters is 1. The molecule has 39 heavy (non-hydrogen) atoms. The summed E-state index contributed by atoms with van der Waals surface area (Å²) < 4.78 is 45.3. The Labute approximate surface area is 225 Å². The minimum absolute atomic E-state index is 0.238. The van der Waals surface area contributed by atoms with Gasteiger partial charge >= 0.3 is 18.1 Å². The number of carboxylic acid groups (broad SMARTS) is 1. The molecular weight excluding hydrogens is 515 g/mol. The number of rotatable bonds is 4. The van der Waals surface area contributed by atoms with Gasteiger partial charge in [0.15, 0.2) is 0 Å². The summed E-state index contributed by atoms with van der Waals surface area (Å²) in [6.45, 7) is 4.36. The van der Waals surface area contributed by atoms with Gasteiger partial charge in [-0.3, -0.25) is 9.59 Å². The summed E-state index contributed by atoms with van der Waals surface area (Å²) in [5.41, 5.74) is -0.465. The van der Waals surface area contributed by atoms with E-state index >= 15 is 0 Å². The summed E-state index contributed by atoms with van der Waals surface area (Å²) in [5.74, 6) is -1.73. The van der Waals surface area contributed by atoms with E-state index in [1.54, 1.807) is 17.9 Å².